The van der Waals surface area contributed by atoms with E-state index in [0.29, 0.717) is 21.3 Å². The molecule has 4 aromatic rings. The maximum Gasteiger partial charge on any atom is 0.337 e. The lowest BCUT2D eigenvalue weighted by Gasteiger charge is -2.05. The first kappa shape index (κ1) is 21.7. The Balaban J connectivity index is 1.41. The number of ether oxygens (including phenoxy) is 1. The van der Waals surface area contributed by atoms with Crippen molar-refractivity contribution in [1.29, 1.82) is 0 Å². The normalized spacial score (nSPS) is 15.7. The number of nitrogens with one attached hydrogen (secondary N) is 1. The molecule has 7 heteroatoms. The average Bonchev–Trinajstić information content (AvgIpc) is 3.39. The van der Waals surface area contributed by atoms with Crippen molar-refractivity contribution in [2.75, 3.05) is 7.11 Å². The number of para-hydroxylation sites is 1. The van der Waals surface area contributed by atoms with Crippen LogP contribution in [0.25, 0.3) is 17.0 Å². The Kier molecular flexibility index (Phi) is 6.01. The molecule has 1 N–H and O–H groups in total. The van der Waals surface area contributed by atoms with E-state index in [0.717, 1.165) is 23.0 Å². The van der Waals surface area contributed by atoms with Crippen LogP contribution in [-0.2, 0) is 16.1 Å². The van der Waals surface area contributed by atoms with Crippen molar-refractivity contribution in [1.82, 2.24) is 9.88 Å². The maximum absolute atomic E-state index is 12.6. The highest BCUT2D eigenvalue weighted by atomic mass is 32.2. The van der Waals surface area contributed by atoms with Crippen molar-refractivity contribution < 1.29 is 14.3 Å². The minimum Gasteiger partial charge on any atom is -0.465 e. The molecule has 1 saturated heterocycles. The van der Waals surface area contributed by atoms with Gasteiger partial charge in [-0.15, -0.1) is 0 Å². The maximum atomic E-state index is 12.6. The number of carbonyl (C=O) groups excluding carboxylic acids is 2. The zero-order chi connectivity index (χ0) is 23.5. The molecule has 168 valence electrons. The molecule has 0 saturated carbocycles. The number of methoxy groups -OCH3 is 1. The van der Waals surface area contributed by atoms with Crippen LogP contribution in [-0.4, -0.2) is 28.7 Å². The van der Waals surface area contributed by atoms with E-state index in [2.05, 4.69) is 45.3 Å². The van der Waals surface area contributed by atoms with E-state index in [1.165, 1.54) is 24.4 Å². The summed E-state index contributed by atoms with van der Waals surface area (Å²) in [5.41, 5.74) is 4.38. The van der Waals surface area contributed by atoms with Gasteiger partial charge in [0, 0.05) is 29.2 Å². The number of carbonyl (C=O) groups is 2. The first-order chi connectivity index (χ1) is 16.6. The van der Waals surface area contributed by atoms with Crippen LogP contribution in [0.4, 0.5) is 5.69 Å². The topological polar surface area (TPSA) is 72.7 Å². The van der Waals surface area contributed by atoms with E-state index in [1.807, 2.05) is 36.4 Å². The number of benzene rings is 3. The van der Waals surface area contributed by atoms with Crippen molar-refractivity contribution in [3.63, 3.8) is 0 Å². The molecule has 0 bridgehead atoms. The average molecular weight is 468 g/mol. The molecule has 1 aliphatic heterocycles. The number of rotatable bonds is 5. The molecule has 0 spiro atoms. The second kappa shape index (κ2) is 9.41. The molecule has 0 aliphatic carbocycles. The number of fused-ring (bicyclic) bond motifs is 1. The van der Waals surface area contributed by atoms with Gasteiger partial charge in [0.1, 0.15) is 0 Å². The van der Waals surface area contributed by atoms with Gasteiger partial charge in [-0.3, -0.25) is 4.79 Å². The Morgan fingerprint density at radius 2 is 1.76 bits per heavy atom. The molecular weight excluding hydrogens is 446 g/mol. The van der Waals surface area contributed by atoms with Gasteiger partial charge in [0.15, 0.2) is 5.17 Å². The first-order valence-corrected chi connectivity index (χ1v) is 11.5. The lowest BCUT2D eigenvalue weighted by molar-refractivity contribution is -0.115. The van der Waals surface area contributed by atoms with Crippen LogP contribution in [0.3, 0.4) is 0 Å². The van der Waals surface area contributed by atoms with Crippen LogP contribution in [0.15, 0.2) is 95.0 Å². The van der Waals surface area contributed by atoms with Crippen LogP contribution in [0, 0.1) is 0 Å². The zero-order valence-electron chi connectivity index (χ0n) is 18.4. The summed E-state index contributed by atoms with van der Waals surface area (Å²) >= 11 is 1.29. The number of nitrogens with zero attached hydrogens (tertiary/aromatic N) is 2. The molecule has 3 aromatic carbocycles. The van der Waals surface area contributed by atoms with Crippen LogP contribution in [0.2, 0.25) is 0 Å². The monoisotopic (exact) mass is 467 g/mol. The summed E-state index contributed by atoms with van der Waals surface area (Å²) in [4.78, 5) is 29.3. The molecule has 0 unspecified atom stereocenters. The lowest BCUT2D eigenvalue weighted by Crippen LogP contribution is -2.19. The fraction of sp³-hybridized carbons (Fsp3) is 0.0741. The van der Waals surface area contributed by atoms with Gasteiger partial charge in [0.05, 0.1) is 23.3 Å². The molecule has 1 amide bonds. The Hall–Kier alpha value is -4.10. The fourth-order valence-electron chi connectivity index (χ4n) is 3.83. The molecule has 1 fully saturated rings. The molecule has 1 aliphatic rings. The minimum atomic E-state index is -0.403. The van der Waals surface area contributed by atoms with Gasteiger partial charge in [-0.25, -0.2) is 9.79 Å². The second-order valence-corrected chi connectivity index (χ2v) is 8.77. The highest BCUT2D eigenvalue weighted by molar-refractivity contribution is 8.18. The summed E-state index contributed by atoms with van der Waals surface area (Å²) in [6, 6.07) is 25.2. The standard InChI is InChI=1S/C27H21N3O3S/c1-33-26(32)19-11-13-21(14-12-19)28-27-29-25(31)24(34-27)15-20-17-30(16-18-7-3-2-4-8-18)23-10-6-5-9-22(20)23/h2-15,17H,16H2,1H3,(H,28,29,31)/b24-15-. The Labute approximate surface area is 201 Å². The molecule has 5 rings (SSSR count). The van der Waals surface area contributed by atoms with Crippen LogP contribution >= 0.6 is 11.8 Å². The van der Waals surface area contributed by atoms with E-state index in [9.17, 15) is 9.59 Å². The number of aromatic nitrogens is 1. The summed E-state index contributed by atoms with van der Waals surface area (Å²) in [6.45, 7) is 0.748. The Bertz CT molecular complexity index is 1440. The van der Waals surface area contributed by atoms with Gasteiger partial charge in [0.2, 0.25) is 0 Å². The van der Waals surface area contributed by atoms with Crippen LogP contribution in [0.5, 0.6) is 0 Å². The van der Waals surface area contributed by atoms with Crippen molar-refractivity contribution in [2.24, 2.45) is 4.99 Å². The van der Waals surface area contributed by atoms with Gasteiger partial charge in [-0.1, -0.05) is 48.5 Å². The van der Waals surface area contributed by atoms with E-state index >= 15 is 0 Å². The van der Waals surface area contributed by atoms with Gasteiger partial charge in [0.25, 0.3) is 5.91 Å². The fourth-order valence-corrected chi connectivity index (χ4v) is 4.66. The summed E-state index contributed by atoms with van der Waals surface area (Å²) < 4.78 is 6.92. The number of hydrogen-bond acceptors (Lipinski definition) is 5. The predicted molar refractivity (Wildman–Crippen MR) is 136 cm³/mol. The zero-order valence-corrected chi connectivity index (χ0v) is 19.2. The number of aliphatic imine (C=N–C) groups is 1. The predicted octanol–water partition coefficient (Wildman–Crippen LogP) is 5.37. The summed E-state index contributed by atoms with van der Waals surface area (Å²) in [5, 5.41) is 4.40. The molecule has 0 atom stereocenters. The third kappa shape index (κ3) is 4.51. The number of thioether (sulfide) groups is 1. The van der Waals surface area contributed by atoms with Crippen molar-refractivity contribution >= 4 is 51.5 Å². The highest BCUT2D eigenvalue weighted by Gasteiger charge is 2.24. The summed E-state index contributed by atoms with van der Waals surface area (Å²) in [5.74, 6) is -0.589. The largest absolute Gasteiger partial charge is 0.465 e. The van der Waals surface area contributed by atoms with E-state index in [1.54, 1.807) is 24.3 Å². The first-order valence-electron chi connectivity index (χ1n) is 10.7. The number of hydrogen-bond donors (Lipinski definition) is 1. The van der Waals surface area contributed by atoms with Crippen molar-refractivity contribution in [2.45, 2.75) is 6.54 Å². The van der Waals surface area contributed by atoms with Gasteiger partial charge in [-0.05, 0) is 53.7 Å². The van der Waals surface area contributed by atoms with Crippen molar-refractivity contribution in [3.05, 3.63) is 107 Å². The molecule has 6 nitrogen and oxygen atoms in total. The Morgan fingerprint density at radius 1 is 1.03 bits per heavy atom. The minimum absolute atomic E-state index is 0.185. The number of amides is 1. The number of esters is 1. The third-order valence-corrected chi connectivity index (χ3v) is 6.38. The van der Waals surface area contributed by atoms with Gasteiger partial charge < -0.3 is 14.6 Å². The lowest BCUT2D eigenvalue weighted by atomic mass is 10.1. The quantitative estimate of drug-likeness (QED) is 0.316. The van der Waals surface area contributed by atoms with Crippen LogP contribution < -0.4 is 5.32 Å². The van der Waals surface area contributed by atoms with E-state index < -0.39 is 5.97 Å². The highest BCUT2D eigenvalue weighted by Crippen LogP contribution is 2.31. The smallest absolute Gasteiger partial charge is 0.337 e. The van der Waals surface area contributed by atoms with Crippen molar-refractivity contribution in [3.8, 4) is 0 Å². The van der Waals surface area contributed by atoms with Crippen LogP contribution in [0.1, 0.15) is 21.5 Å². The SMILES string of the molecule is COC(=O)c1ccc(N=C2NC(=O)/C(=C/c3cn(Cc4ccccc4)c4ccccc34)S2)cc1. The third-order valence-electron chi connectivity index (χ3n) is 5.47. The number of amidine groups is 1. The van der Waals surface area contributed by atoms with Gasteiger partial charge in [-0.2, -0.15) is 0 Å². The second-order valence-electron chi connectivity index (χ2n) is 7.74. The Morgan fingerprint density at radius 3 is 2.53 bits per heavy atom. The van der Waals surface area contributed by atoms with Gasteiger partial charge >= 0.3 is 5.97 Å². The van der Waals surface area contributed by atoms with E-state index in [4.69, 9.17) is 4.74 Å². The molecular formula is C27H21N3O3S. The molecule has 1 aromatic heterocycles. The molecule has 0 radical (unpaired) electrons. The molecule has 34 heavy (non-hydrogen) atoms. The molecule has 2 heterocycles. The summed E-state index contributed by atoms with van der Waals surface area (Å²) in [7, 11) is 1.34. The van der Waals surface area contributed by atoms with E-state index in [-0.39, 0.29) is 5.91 Å². The summed E-state index contributed by atoms with van der Waals surface area (Å²) in [6.07, 6.45) is 3.99.